The summed E-state index contributed by atoms with van der Waals surface area (Å²) in [7, 11) is 0. The largest absolute Gasteiger partial charge is 0.462 e. The number of hydrogen-bond acceptors (Lipinski definition) is 6. The monoisotopic (exact) mass is 1040 g/mol. The van der Waals surface area contributed by atoms with Crippen molar-refractivity contribution in [1.29, 1.82) is 0 Å². The Morgan fingerprint density at radius 1 is 0.280 bits per heavy atom. The highest BCUT2D eigenvalue weighted by atomic mass is 16.6. The molecule has 0 amide bonds. The molecule has 0 saturated carbocycles. The zero-order chi connectivity index (χ0) is 54.3. The summed E-state index contributed by atoms with van der Waals surface area (Å²) in [6.45, 7) is 6.46. The number of allylic oxidation sites excluding steroid dienone is 16. The minimum Gasteiger partial charge on any atom is -0.462 e. The maximum Gasteiger partial charge on any atom is 0.306 e. The van der Waals surface area contributed by atoms with E-state index in [1.54, 1.807) is 0 Å². The Balaban J connectivity index is 4.37. The van der Waals surface area contributed by atoms with Crippen LogP contribution in [0.1, 0.15) is 303 Å². The Hall–Kier alpha value is -3.67. The van der Waals surface area contributed by atoms with Gasteiger partial charge < -0.3 is 14.2 Å². The maximum absolute atomic E-state index is 12.9. The lowest BCUT2D eigenvalue weighted by molar-refractivity contribution is -0.166. The second-order valence-electron chi connectivity index (χ2n) is 20.9. The molecule has 0 aliphatic heterocycles. The summed E-state index contributed by atoms with van der Waals surface area (Å²) in [4.78, 5) is 38.2. The SMILES string of the molecule is CC/C=C\C/C=C\C/C=C\C/C=C\CCC(=O)OCC(COC(=O)CCCCCCCCCCCCC/C=C\C/C=C\CCCCCCC)OC(=O)CCCCCCCCCCC/C=C\C/C=C\CCCCCCC. The topological polar surface area (TPSA) is 78.9 Å². The Morgan fingerprint density at radius 2 is 0.547 bits per heavy atom. The van der Waals surface area contributed by atoms with Crippen LogP contribution in [0.25, 0.3) is 0 Å². The zero-order valence-electron chi connectivity index (χ0n) is 49.3. The molecular weight excluding hydrogens is 925 g/mol. The quantitative estimate of drug-likeness (QED) is 0.0261. The second-order valence-corrected chi connectivity index (χ2v) is 20.9. The third-order valence-electron chi connectivity index (χ3n) is 13.6. The Bertz CT molecular complexity index is 1480. The fourth-order valence-corrected chi connectivity index (χ4v) is 8.81. The first-order valence-corrected chi connectivity index (χ1v) is 31.7. The molecule has 6 nitrogen and oxygen atoms in total. The first-order valence-electron chi connectivity index (χ1n) is 31.7. The summed E-state index contributed by atoms with van der Waals surface area (Å²) >= 11 is 0. The fraction of sp³-hybridized carbons (Fsp3) is 0.725. The van der Waals surface area contributed by atoms with Crippen LogP contribution in [0, 0.1) is 0 Å². The van der Waals surface area contributed by atoms with Crippen molar-refractivity contribution in [2.75, 3.05) is 13.2 Å². The first kappa shape index (κ1) is 71.3. The molecule has 0 aliphatic rings. The van der Waals surface area contributed by atoms with Gasteiger partial charge in [-0.25, -0.2) is 0 Å². The van der Waals surface area contributed by atoms with E-state index < -0.39 is 6.10 Å². The first-order chi connectivity index (χ1) is 37.0. The van der Waals surface area contributed by atoms with E-state index in [0.29, 0.717) is 19.3 Å². The molecule has 0 aliphatic carbocycles. The summed E-state index contributed by atoms with van der Waals surface area (Å²) < 4.78 is 16.8. The molecule has 0 fully saturated rings. The maximum atomic E-state index is 12.9. The van der Waals surface area contributed by atoms with Crippen molar-refractivity contribution >= 4 is 17.9 Å². The highest BCUT2D eigenvalue weighted by Gasteiger charge is 2.19. The molecule has 0 aromatic heterocycles. The summed E-state index contributed by atoms with van der Waals surface area (Å²) in [6.07, 6.45) is 84.3. The van der Waals surface area contributed by atoms with Crippen LogP contribution in [-0.4, -0.2) is 37.2 Å². The molecule has 430 valence electrons. The molecule has 0 N–H and O–H groups in total. The number of carbonyl (C=O) groups is 3. The van der Waals surface area contributed by atoms with Gasteiger partial charge in [-0.15, -0.1) is 0 Å². The molecule has 0 aromatic rings. The number of unbranched alkanes of at least 4 members (excludes halogenated alkanes) is 30. The van der Waals surface area contributed by atoms with Gasteiger partial charge in [0.1, 0.15) is 13.2 Å². The van der Waals surface area contributed by atoms with E-state index >= 15 is 0 Å². The van der Waals surface area contributed by atoms with Crippen LogP contribution in [0.3, 0.4) is 0 Å². The molecule has 6 heteroatoms. The Labute approximate surface area is 464 Å². The van der Waals surface area contributed by atoms with Gasteiger partial charge in [-0.3, -0.25) is 14.4 Å². The van der Waals surface area contributed by atoms with Crippen molar-refractivity contribution in [3.63, 3.8) is 0 Å². The van der Waals surface area contributed by atoms with Crippen LogP contribution < -0.4 is 0 Å². The minimum absolute atomic E-state index is 0.102. The van der Waals surface area contributed by atoms with Gasteiger partial charge in [0.2, 0.25) is 0 Å². The van der Waals surface area contributed by atoms with Gasteiger partial charge in [0, 0.05) is 19.3 Å². The van der Waals surface area contributed by atoms with Gasteiger partial charge in [-0.05, 0) is 109 Å². The van der Waals surface area contributed by atoms with Crippen LogP contribution in [0.4, 0.5) is 0 Å². The summed E-state index contributed by atoms with van der Waals surface area (Å²) in [5.74, 6) is -0.985. The van der Waals surface area contributed by atoms with Crippen molar-refractivity contribution < 1.29 is 28.6 Å². The van der Waals surface area contributed by atoms with Crippen LogP contribution in [-0.2, 0) is 28.6 Å². The van der Waals surface area contributed by atoms with Gasteiger partial charge in [-0.2, -0.15) is 0 Å². The van der Waals surface area contributed by atoms with E-state index in [2.05, 4.69) is 112 Å². The van der Waals surface area contributed by atoms with Crippen LogP contribution >= 0.6 is 0 Å². The molecule has 1 atom stereocenters. The van der Waals surface area contributed by atoms with Gasteiger partial charge in [0.25, 0.3) is 0 Å². The van der Waals surface area contributed by atoms with E-state index in [0.717, 1.165) is 77.0 Å². The molecule has 1 unspecified atom stereocenters. The Morgan fingerprint density at radius 3 is 0.893 bits per heavy atom. The fourth-order valence-electron chi connectivity index (χ4n) is 8.81. The van der Waals surface area contributed by atoms with Gasteiger partial charge in [-0.1, -0.05) is 272 Å². The standard InChI is InChI=1S/C69H118O6/c1-4-7-10-13-16-19-22-25-27-29-31-33-34-36-37-39-41-44-47-50-53-56-59-62-68(71)74-65-66(64-73-67(70)61-58-55-52-49-46-43-24-21-18-15-12-9-6-3)75-69(72)63-60-57-54-51-48-45-42-40-38-35-32-30-28-26-23-20-17-14-11-8-5-2/h9,12,18,21-23,25-26,29-32,43,46,52,55,66H,4-8,10-11,13-17,19-20,24,27-28,33-42,44-45,47-51,53-54,56-65H2,1-3H3/b12-9-,21-18-,25-22-,26-23-,31-29-,32-30-,46-43-,55-52-. The average Bonchev–Trinajstić information content (AvgIpc) is 3.41. The molecule has 0 bridgehead atoms. The number of rotatable bonds is 57. The molecule has 0 heterocycles. The summed E-state index contributed by atoms with van der Waals surface area (Å²) in [6, 6.07) is 0. The van der Waals surface area contributed by atoms with Crippen molar-refractivity contribution in [1.82, 2.24) is 0 Å². The molecule has 75 heavy (non-hydrogen) atoms. The predicted molar refractivity (Wildman–Crippen MR) is 325 cm³/mol. The second kappa shape index (κ2) is 62.9. The number of ether oxygens (including phenoxy) is 3. The summed E-state index contributed by atoms with van der Waals surface area (Å²) in [5, 5.41) is 0. The molecule has 0 saturated heterocycles. The minimum atomic E-state index is -0.811. The van der Waals surface area contributed by atoms with E-state index in [1.165, 1.54) is 180 Å². The van der Waals surface area contributed by atoms with Crippen LogP contribution in [0.15, 0.2) is 97.2 Å². The molecular formula is C69H118O6. The number of esters is 3. The molecule has 0 spiro atoms. The highest BCUT2D eigenvalue weighted by Crippen LogP contribution is 2.16. The third kappa shape index (κ3) is 61.1. The zero-order valence-corrected chi connectivity index (χ0v) is 49.3. The number of carbonyl (C=O) groups excluding carboxylic acids is 3. The van der Waals surface area contributed by atoms with E-state index in [4.69, 9.17) is 14.2 Å². The molecule has 0 aromatic carbocycles. The lowest BCUT2D eigenvalue weighted by Crippen LogP contribution is -2.30. The lowest BCUT2D eigenvalue weighted by Gasteiger charge is -2.18. The van der Waals surface area contributed by atoms with Gasteiger partial charge >= 0.3 is 17.9 Å². The van der Waals surface area contributed by atoms with Crippen molar-refractivity contribution in [3.05, 3.63) is 97.2 Å². The third-order valence-corrected chi connectivity index (χ3v) is 13.6. The smallest absolute Gasteiger partial charge is 0.306 e. The lowest BCUT2D eigenvalue weighted by atomic mass is 10.0. The normalized spacial score (nSPS) is 12.7. The van der Waals surface area contributed by atoms with Crippen molar-refractivity contribution in [2.24, 2.45) is 0 Å². The van der Waals surface area contributed by atoms with Crippen LogP contribution in [0.5, 0.6) is 0 Å². The molecule has 0 rings (SSSR count). The predicted octanol–water partition coefficient (Wildman–Crippen LogP) is 21.7. The van der Waals surface area contributed by atoms with E-state index in [-0.39, 0.29) is 37.5 Å². The van der Waals surface area contributed by atoms with E-state index in [9.17, 15) is 14.4 Å². The van der Waals surface area contributed by atoms with E-state index in [1.807, 2.05) is 6.08 Å². The highest BCUT2D eigenvalue weighted by molar-refractivity contribution is 5.71. The van der Waals surface area contributed by atoms with Gasteiger partial charge in [0.15, 0.2) is 6.10 Å². The number of hydrogen-bond donors (Lipinski definition) is 0. The van der Waals surface area contributed by atoms with Gasteiger partial charge in [0.05, 0.1) is 0 Å². The van der Waals surface area contributed by atoms with Crippen molar-refractivity contribution in [3.8, 4) is 0 Å². The van der Waals surface area contributed by atoms with Crippen molar-refractivity contribution in [2.45, 2.75) is 309 Å². The average molecular weight is 1040 g/mol. The molecule has 0 radical (unpaired) electrons. The van der Waals surface area contributed by atoms with Crippen LogP contribution in [0.2, 0.25) is 0 Å². The summed E-state index contributed by atoms with van der Waals surface area (Å²) in [5.41, 5.74) is 0. The Kier molecular flexibility index (Phi) is 59.8.